The van der Waals surface area contributed by atoms with Crippen LogP contribution < -0.4 is 0 Å². The van der Waals surface area contributed by atoms with Crippen molar-refractivity contribution >= 4 is 43.5 Å². The molecule has 0 bridgehead atoms. The maximum atomic E-state index is 6.02. The molecule has 5 rings (SSSR count). The van der Waals surface area contributed by atoms with Gasteiger partial charge in [0.25, 0.3) is 0 Å². The first-order valence-corrected chi connectivity index (χ1v) is 14.1. The number of hydrogen-bond donors (Lipinski definition) is 0. The highest BCUT2D eigenvalue weighted by atomic mass is 79.9. The first-order valence-electron chi connectivity index (χ1n) is 12.0. The molecule has 8 heteroatoms. The minimum absolute atomic E-state index is 0.353. The zero-order valence-electron chi connectivity index (χ0n) is 21.0. The van der Waals surface area contributed by atoms with Gasteiger partial charge in [-0.15, -0.1) is 11.6 Å². The highest BCUT2D eigenvalue weighted by molar-refractivity contribution is 9.10. The normalized spacial score (nSPS) is 13.6. The maximum absolute atomic E-state index is 6.02. The lowest BCUT2D eigenvalue weighted by atomic mass is 10.1. The van der Waals surface area contributed by atoms with Crippen molar-refractivity contribution < 1.29 is 8.83 Å². The molecule has 4 aromatic rings. The van der Waals surface area contributed by atoms with Crippen LogP contribution in [0.5, 0.6) is 0 Å². The van der Waals surface area contributed by atoms with E-state index in [1.54, 1.807) is 0 Å². The summed E-state index contributed by atoms with van der Waals surface area (Å²) in [5.41, 5.74) is 6.20. The molecule has 1 aliphatic rings. The van der Waals surface area contributed by atoms with Gasteiger partial charge in [-0.1, -0.05) is 44.0 Å². The van der Waals surface area contributed by atoms with Crippen LogP contribution in [-0.2, 0) is 12.4 Å². The summed E-state index contributed by atoms with van der Waals surface area (Å²) in [4.78, 5) is 11.4. The van der Waals surface area contributed by atoms with Crippen LogP contribution in [0, 0.1) is 27.7 Å². The van der Waals surface area contributed by atoms with Crippen molar-refractivity contribution in [1.29, 1.82) is 0 Å². The van der Waals surface area contributed by atoms with E-state index in [9.17, 15) is 0 Å². The van der Waals surface area contributed by atoms with Crippen LogP contribution in [0.2, 0.25) is 0 Å². The number of nitrogens with zero attached hydrogens (tertiary/aromatic N) is 3. The number of oxazole rings is 2. The van der Waals surface area contributed by atoms with E-state index in [0.29, 0.717) is 11.8 Å². The first-order chi connectivity index (χ1) is 17.3. The van der Waals surface area contributed by atoms with Crippen LogP contribution >= 0.6 is 43.5 Å². The Balaban J connectivity index is 0.000000174. The van der Waals surface area contributed by atoms with Crippen LogP contribution in [0.25, 0.3) is 22.9 Å². The number of alkyl halides is 1. The van der Waals surface area contributed by atoms with Gasteiger partial charge in [0, 0.05) is 20.1 Å². The topological polar surface area (TPSA) is 55.3 Å². The van der Waals surface area contributed by atoms with Crippen molar-refractivity contribution in [3.05, 3.63) is 79.4 Å². The third-order valence-corrected chi connectivity index (χ3v) is 8.43. The Morgan fingerprint density at radius 3 is 1.72 bits per heavy atom. The van der Waals surface area contributed by atoms with Gasteiger partial charge in [0.05, 0.1) is 23.8 Å². The zero-order valence-corrected chi connectivity index (χ0v) is 24.9. The Labute approximate surface area is 234 Å². The molecule has 2 aromatic carbocycles. The number of likely N-dealkylation sites (tertiary alicyclic amines) is 1. The third-order valence-electron chi connectivity index (χ3n) is 6.47. The molecule has 0 N–H and O–H groups in total. The summed E-state index contributed by atoms with van der Waals surface area (Å²) in [6.07, 6.45) is 2.59. The molecule has 36 heavy (non-hydrogen) atoms. The van der Waals surface area contributed by atoms with Crippen molar-refractivity contribution in [2.75, 3.05) is 13.1 Å². The Kier molecular flexibility index (Phi) is 9.10. The van der Waals surface area contributed by atoms with Crippen LogP contribution in [0.3, 0.4) is 0 Å². The fourth-order valence-corrected chi connectivity index (χ4v) is 5.16. The van der Waals surface area contributed by atoms with Gasteiger partial charge in [0.1, 0.15) is 11.5 Å². The maximum Gasteiger partial charge on any atom is 0.226 e. The zero-order chi connectivity index (χ0) is 25.8. The number of benzene rings is 2. The lowest BCUT2D eigenvalue weighted by Gasteiger charge is -2.12. The van der Waals surface area contributed by atoms with Gasteiger partial charge < -0.3 is 8.83 Å². The first kappa shape index (κ1) is 27.1. The van der Waals surface area contributed by atoms with Crippen LogP contribution in [0.1, 0.15) is 46.9 Å². The van der Waals surface area contributed by atoms with E-state index in [1.165, 1.54) is 31.5 Å². The number of hydrogen-bond acceptors (Lipinski definition) is 5. The molecule has 1 aliphatic heterocycles. The molecule has 3 heterocycles. The predicted molar refractivity (Wildman–Crippen MR) is 152 cm³/mol. The number of aryl methyl sites for hydroxylation is 2. The standard InChI is InChI=1S/C16H19BrN2O.C12H11BrClNO/c1-11-13(6-5-7-14(11)17)16-18-12(2)15(20-16)10-19-8-3-4-9-19;1-7-9(4-3-5-10(7)13)12-15-8(2)11(6-14)16-12/h5-7H,3-4,8-10H2,1-2H3;3-5H,6H2,1-2H3. The summed E-state index contributed by atoms with van der Waals surface area (Å²) in [6, 6.07) is 12.1. The third kappa shape index (κ3) is 6.13. The van der Waals surface area contributed by atoms with Crippen LogP contribution in [0.15, 0.2) is 54.2 Å². The van der Waals surface area contributed by atoms with Crippen molar-refractivity contribution in [3.63, 3.8) is 0 Å². The van der Waals surface area contributed by atoms with Crippen LogP contribution in [-0.4, -0.2) is 28.0 Å². The van der Waals surface area contributed by atoms with Gasteiger partial charge in [0.2, 0.25) is 11.8 Å². The second-order valence-corrected chi connectivity index (χ2v) is 11.0. The molecule has 5 nitrogen and oxygen atoms in total. The van der Waals surface area contributed by atoms with Gasteiger partial charge in [-0.2, -0.15) is 0 Å². The molecule has 0 spiro atoms. The average molecular weight is 636 g/mol. The molecule has 1 fully saturated rings. The van der Waals surface area contributed by atoms with E-state index in [1.807, 2.05) is 51.1 Å². The number of rotatable bonds is 5. The highest BCUT2D eigenvalue weighted by Crippen LogP contribution is 2.31. The fourth-order valence-electron chi connectivity index (χ4n) is 4.18. The van der Waals surface area contributed by atoms with Gasteiger partial charge >= 0.3 is 0 Å². The Hall–Kier alpha value is -1.93. The number of aromatic nitrogens is 2. The molecule has 0 unspecified atom stereocenters. The van der Waals surface area contributed by atoms with E-state index >= 15 is 0 Å². The van der Waals surface area contributed by atoms with Gasteiger partial charge in [-0.25, -0.2) is 9.97 Å². The summed E-state index contributed by atoms with van der Waals surface area (Å²) >= 11 is 12.8. The van der Waals surface area contributed by atoms with Crippen molar-refractivity contribution in [2.24, 2.45) is 0 Å². The van der Waals surface area contributed by atoms with Crippen molar-refractivity contribution in [3.8, 4) is 22.9 Å². The average Bonchev–Trinajstić information content (AvgIpc) is 3.59. The minimum Gasteiger partial charge on any atom is -0.440 e. The Morgan fingerprint density at radius 1 is 0.778 bits per heavy atom. The monoisotopic (exact) mass is 633 g/mol. The molecule has 0 atom stereocenters. The molecule has 1 saturated heterocycles. The molecule has 190 valence electrons. The molecule has 0 amide bonds. The van der Waals surface area contributed by atoms with Crippen molar-refractivity contribution in [2.45, 2.75) is 53.0 Å². The van der Waals surface area contributed by atoms with E-state index in [4.69, 9.17) is 20.4 Å². The quantitative estimate of drug-likeness (QED) is 0.205. The molecule has 0 saturated carbocycles. The summed E-state index contributed by atoms with van der Waals surface area (Å²) in [5.74, 6) is 3.45. The second kappa shape index (κ2) is 12.1. The lowest BCUT2D eigenvalue weighted by Crippen LogP contribution is -2.18. The van der Waals surface area contributed by atoms with E-state index in [-0.39, 0.29) is 0 Å². The predicted octanol–water partition coefficient (Wildman–Crippen LogP) is 8.78. The molecule has 2 aromatic heterocycles. The largest absolute Gasteiger partial charge is 0.440 e. The number of halogens is 3. The smallest absolute Gasteiger partial charge is 0.226 e. The van der Waals surface area contributed by atoms with E-state index in [2.05, 4.69) is 59.7 Å². The molecular weight excluding hydrogens is 606 g/mol. The fraction of sp³-hybridized carbons (Fsp3) is 0.357. The van der Waals surface area contributed by atoms with Crippen molar-refractivity contribution in [1.82, 2.24) is 14.9 Å². The SMILES string of the molecule is Cc1nc(-c2cccc(Br)c2C)oc1CCl.Cc1nc(-c2cccc(Br)c2C)oc1CN1CCCC1. The van der Waals surface area contributed by atoms with Crippen LogP contribution in [0.4, 0.5) is 0 Å². The van der Waals surface area contributed by atoms with Gasteiger partial charge in [0.15, 0.2) is 0 Å². The second-order valence-electron chi connectivity index (χ2n) is 9.00. The molecule has 0 aliphatic carbocycles. The summed E-state index contributed by atoms with van der Waals surface area (Å²) < 4.78 is 13.8. The lowest BCUT2D eigenvalue weighted by molar-refractivity contribution is 0.298. The van der Waals surface area contributed by atoms with E-state index in [0.717, 1.165) is 61.0 Å². The highest BCUT2D eigenvalue weighted by Gasteiger charge is 2.19. The van der Waals surface area contributed by atoms with Gasteiger partial charge in [-0.3, -0.25) is 4.90 Å². The van der Waals surface area contributed by atoms with Gasteiger partial charge in [-0.05, 0) is 89.0 Å². The minimum atomic E-state index is 0.353. The Bertz CT molecular complexity index is 1340. The Morgan fingerprint density at radius 2 is 1.25 bits per heavy atom. The summed E-state index contributed by atoms with van der Waals surface area (Å²) in [7, 11) is 0. The molecule has 0 radical (unpaired) electrons. The van der Waals surface area contributed by atoms with E-state index < -0.39 is 0 Å². The summed E-state index contributed by atoms with van der Waals surface area (Å²) in [6.45, 7) is 11.3. The summed E-state index contributed by atoms with van der Waals surface area (Å²) in [5, 5.41) is 0. The molecular formula is C28H30Br2ClN3O2.